The molecule has 2 aromatic rings. The molecule has 3 rings (SSSR count). The molecule has 1 heterocycles. The molecule has 1 aliphatic rings. The number of halogens is 1. The van der Waals surface area contributed by atoms with Crippen molar-refractivity contribution >= 4 is 22.6 Å². The fraction of sp³-hybridized carbons (Fsp3) is 0.400. The number of likely N-dealkylation sites (tertiary alicyclic amines) is 1. The Kier molecular flexibility index (Phi) is 6.70. The number of nitrogens with zero attached hydrogens (tertiary/aromatic N) is 1. The first-order chi connectivity index (χ1) is 12.1. The zero-order chi connectivity index (χ0) is 17.6. The predicted octanol–water partition coefficient (Wildman–Crippen LogP) is 3.15. The Morgan fingerprint density at radius 1 is 1.08 bits per heavy atom. The maximum Gasteiger partial charge on any atom is 0.119 e. The molecular weight excluding hydrogens is 429 g/mol. The molecule has 0 aliphatic carbocycles. The van der Waals surface area contributed by atoms with E-state index in [0.29, 0.717) is 13.1 Å². The van der Waals surface area contributed by atoms with E-state index in [1.54, 1.807) is 0 Å². The average Bonchev–Trinajstić information content (AvgIpc) is 2.61. The van der Waals surface area contributed by atoms with Gasteiger partial charge >= 0.3 is 0 Å². The van der Waals surface area contributed by atoms with Crippen LogP contribution in [0.2, 0.25) is 0 Å². The molecule has 1 fully saturated rings. The standard InChI is InChI=1S/C20H24INO3/c21-17-7-3-15(4-8-17)16-5-9-20(10-6-16)25-14-19(24)13-22-11-1-2-18(23)12-22/h3-10,18-19,23-24H,1-2,11-14H2. The zero-order valence-corrected chi connectivity index (χ0v) is 16.3. The molecule has 0 radical (unpaired) electrons. The maximum atomic E-state index is 10.2. The Balaban J connectivity index is 1.49. The molecule has 0 aromatic heterocycles. The largest absolute Gasteiger partial charge is 0.491 e. The third-order valence-electron chi connectivity index (χ3n) is 4.42. The van der Waals surface area contributed by atoms with Crippen molar-refractivity contribution in [1.82, 2.24) is 4.90 Å². The molecule has 0 bridgehead atoms. The second-order valence-corrected chi connectivity index (χ2v) is 7.80. The fourth-order valence-corrected chi connectivity index (χ4v) is 3.49. The van der Waals surface area contributed by atoms with E-state index in [0.717, 1.165) is 30.7 Å². The fourth-order valence-electron chi connectivity index (χ4n) is 3.13. The highest BCUT2D eigenvalue weighted by Gasteiger charge is 2.20. The summed E-state index contributed by atoms with van der Waals surface area (Å²) in [6.45, 7) is 2.37. The Bertz CT molecular complexity index is 660. The summed E-state index contributed by atoms with van der Waals surface area (Å²) in [5, 5.41) is 19.8. The van der Waals surface area contributed by atoms with Gasteiger partial charge in [0.05, 0.1) is 6.10 Å². The van der Waals surface area contributed by atoms with Crippen molar-refractivity contribution in [3.8, 4) is 16.9 Å². The van der Waals surface area contributed by atoms with Crippen LogP contribution in [-0.4, -0.2) is 53.6 Å². The minimum absolute atomic E-state index is 0.259. The van der Waals surface area contributed by atoms with Crippen molar-refractivity contribution in [3.63, 3.8) is 0 Å². The van der Waals surface area contributed by atoms with E-state index in [1.165, 1.54) is 9.13 Å². The van der Waals surface area contributed by atoms with E-state index in [2.05, 4.69) is 51.8 Å². The van der Waals surface area contributed by atoms with Crippen LogP contribution in [0.1, 0.15) is 12.8 Å². The minimum Gasteiger partial charge on any atom is -0.491 e. The van der Waals surface area contributed by atoms with Gasteiger partial charge in [0.2, 0.25) is 0 Å². The first-order valence-corrected chi connectivity index (χ1v) is 9.75. The number of benzene rings is 2. The molecule has 1 saturated heterocycles. The van der Waals surface area contributed by atoms with Gasteiger partial charge in [0.25, 0.3) is 0 Å². The highest BCUT2D eigenvalue weighted by molar-refractivity contribution is 14.1. The zero-order valence-electron chi connectivity index (χ0n) is 14.1. The van der Waals surface area contributed by atoms with Crippen molar-refractivity contribution in [2.45, 2.75) is 25.0 Å². The van der Waals surface area contributed by atoms with Gasteiger partial charge in [-0.25, -0.2) is 0 Å². The van der Waals surface area contributed by atoms with Gasteiger partial charge in [0.15, 0.2) is 0 Å². The van der Waals surface area contributed by atoms with Gasteiger partial charge in [-0.2, -0.15) is 0 Å². The summed E-state index contributed by atoms with van der Waals surface area (Å²) in [6, 6.07) is 16.3. The summed E-state index contributed by atoms with van der Waals surface area (Å²) in [7, 11) is 0. The van der Waals surface area contributed by atoms with Gasteiger partial charge in [-0.05, 0) is 77.4 Å². The Morgan fingerprint density at radius 3 is 2.36 bits per heavy atom. The topological polar surface area (TPSA) is 52.9 Å². The molecule has 0 spiro atoms. The number of aliphatic hydroxyl groups excluding tert-OH is 2. The summed E-state index contributed by atoms with van der Waals surface area (Å²) in [6.07, 6.45) is 1.02. The van der Waals surface area contributed by atoms with Crippen LogP contribution in [0.5, 0.6) is 5.75 Å². The van der Waals surface area contributed by atoms with Gasteiger partial charge in [-0.1, -0.05) is 24.3 Å². The molecule has 134 valence electrons. The summed E-state index contributed by atoms with van der Waals surface area (Å²) in [5.41, 5.74) is 2.32. The van der Waals surface area contributed by atoms with Gasteiger partial charge in [0.1, 0.15) is 18.5 Å². The SMILES string of the molecule is OC1CCCN(CC(O)COc2ccc(-c3ccc(I)cc3)cc2)C1. The lowest BCUT2D eigenvalue weighted by molar-refractivity contribution is 0.0243. The Labute approximate surface area is 162 Å². The van der Waals surface area contributed by atoms with E-state index in [-0.39, 0.29) is 12.7 Å². The number of β-amino-alcohol motifs (C(OH)–C–C–N with tert-alkyl or cyclic N) is 2. The van der Waals surface area contributed by atoms with Gasteiger partial charge < -0.3 is 14.9 Å². The highest BCUT2D eigenvalue weighted by Crippen LogP contribution is 2.23. The van der Waals surface area contributed by atoms with E-state index in [1.807, 2.05) is 24.3 Å². The van der Waals surface area contributed by atoms with Gasteiger partial charge in [-0.15, -0.1) is 0 Å². The minimum atomic E-state index is -0.554. The molecule has 2 aromatic carbocycles. The third-order valence-corrected chi connectivity index (χ3v) is 5.14. The number of hydrogen-bond acceptors (Lipinski definition) is 4. The van der Waals surface area contributed by atoms with Crippen LogP contribution in [0.15, 0.2) is 48.5 Å². The lowest BCUT2D eigenvalue weighted by Crippen LogP contribution is -2.43. The quantitative estimate of drug-likeness (QED) is 0.661. The van der Waals surface area contributed by atoms with Crippen LogP contribution >= 0.6 is 22.6 Å². The summed E-state index contributed by atoms with van der Waals surface area (Å²) in [4.78, 5) is 2.10. The van der Waals surface area contributed by atoms with Crippen LogP contribution in [-0.2, 0) is 0 Å². The summed E-state index contributed by atoms with van der Waals surface area (Å²) < 4.78 is 6.92. The number of aliphatic hydroxyl groups is 2. The van der Waals surface area contributed by atoms with Crippen molar-refractivity contribution in [3.05, 3.63) is 52.1 Å². The number of hydrogen-bond donors (Lipinski definition) is 2. The maximum absolute atomic E-state index is 10.2. The van der Waals surface area contributed by atoms with Crippen molar-refractivity contribution in [1.29, 1.82) is 0 Å². The number of piperidine rings is 1. The van der Waals surface area contributed by atoms with Gasteiger partial charge in [0, 0.05) is 16.7 Å². The van der Waals surface area contributed by atoms with E-state index >= 15 is 0 Å². The van der Waals surface area contributed by atoms with Crippen LogP contribution in [0.25, 0.3) is 11.1 Å². The van der Waals surface area contributed by atoms with E-state index in [4.69, 9.17) is 4.74 Å². The molecule has 2 atom stereocenters. The molecule has 2 unspecified atom stereocenters. The summed E-state index contributed by atoms with van der Waals surface area (Å²) >= 11 is 2.30. The molecular formula is C20H24INO3. The molecule has 1 aliphatic heterocycles. The van der Waals surface area contributed by atoms with Crippen LogP contribution < -0.4 is 4.74 Å². The number of rotatable bonds is 6. The lowest BCUT2D eigenvalue weighted by Gasteiger charge is -2.31. The predicted molar refractivity (Wildman–Crippen MR) is 108 cm³/mol. The average molecular weight is 453 g/mol. The van der Waals surface area contributed by atoms with E-state index < -0.39 is 6.10 Å². The molecule has 5 heteroatoms. The molecule has 0 saturated carbocycles. The van der Waals surface area contributed by atoms with Crippen LogP contribution in [0.4, 0.5) is 0 Å². The molecule has 4 nitrogen and oxygen atoms in total. The smallest absolute Gasteiger partial charge is 0.119 e. The Hall–Kier alpha value is -1.15. The first kappa shape index (κ1) is 18.6. The Morgan fingerprint density at radius 2 is 1.72 bits per heavy atom. The molecule has 2 N–H and O–H groups in total. The van der Waals surface area contributed by atoms with Crippen LogP contribution in [0, 0.1) is 3.57 Å². The summed E-state index contributed by atoms with van der Waals surface area (Å²) in [5.74, 6) is 0.756. The lowest BCUT2D eigenvalue weighted by atomic mass is 10.1. The van der Waals surface area contributed by atoms with Crippen molar-refractivity contribution in [2.24, 2.45) is 0 Å². The van der Waals surface area contributed by atoms with Gasteiger partial charge in [-0.3, -0.25) is 4.90 Å². The third kappa shape index (κ3) is 5.67. The van der Waals surface area contributed by atoms with Crippen molar-refractivity contribution < 1.29 is 14.9 Å². The monoisotopic (exact) mass is 453 g/mol. The number of ether oxygens (including phenoxy) is 1. The first-order valence-electron chi connectivity index (χ1n) is 8.67. The van der Waals surface area contributed by atoms with E-state index in [9.17, 15) is 10.2 Å². The highest BCUT2D eigenvalue weighted by atomic mass is 127. The molecule has 0 amide bonds. The second kappa shape index (κ2) is 8.98. The van der Waals surface area contributed by atoms with Crippen molar-refractivity contribution in [2.75, 3.05) is 26.2 Å². The molecule has 25 heavy (non-hydrogen) atoms. The van der Waals surface area contributed by atoms with Crippen LogP contribution in [0.3, 0.4) is 0 Å². The second-order valence-electron chi connectivity index (χ2n) is 6.55. The normalized spacial score (nSPS) is 19.6.